The molecule has 4 nitrogen and oxygen atoms in total. The average molecular weight is 497 g/mol. The third-order valence-electron chi connectivity index (χ3n) is 7.12. The fourth-order valence-electron chi connectivity index (χ4n) is 4.73. The Morgan fingerprint density at radius 3 is 1.46 bits per heavy atom. The van der Waals surface area contributed by atoms with Gasteiger partial charge in [-0.1, -0.05) is 107 Å². The van der Waals surface area contributed by atoms with Crippen molar-refractivity contribution in [1.82, 2.24) is 0 Å². The van der Waals surface area contributed by atoms with Gasteiger partial charge < -0.3 is 9.47 Å². The van der Waals surface area contributed by atoms with Gasteiger partial charge in [-0.15, -0.1) is 0 Å². The minimum absolute atomic E-state index is 0.00893. The molecule has 0 aromatic heterocycles. The lowest BCUT2D eigenvalue weighted by atomic mass is 9.74. The lowest BCUT2D eigenvalue weighted by Crippen LogP contribution is -2.33. The summed E-state index contributed by atoms with van der Waals surface area (Å²) in [6, 6.07) is 0. The van der Waals surface area contributed by atoms with E-state index in [1.807, 2.05) is 0 Å². The monoisotopic (exact) mass is 496 g/mol. The van der Waals surface area contributed by atoms with Crippen LogP contribution < -0.4 is 0 Å². The minimum atomic E-state index is -0.0334. The molecule has 0 heterocycles. The first-order valence-corrected chi connectivity index (χ1v) is 14.9. The molecule has 0 amide bonds. The van der Waals surface area contributed by atoms with E-state index in [2.05, 4.69) is 55.4 Å². The molecule has 0 aromatic carbocycles. The number of carbonyl (C=O) groups is 2. The van der Waals surface area contributed by atoms with Crippen LogP contribution in [0.15, 0.2) is 0 Å². The van der Waals surface area contributed by atoms with Gasteiger partial charge in [0.05, 0.1) is 19.1 Å². The molecule has 0 N–H and O–H groups in total. The van der Waals surface area contributed by atoms with Crippen LogP contribution in [0.5, 0.6) is 0 Å². The largest absolute Gasteiger partial charge is 0.466 e. The van der Waals surface area contributed by atoms with E-state index in [-0.39, 0.29) is 17.9 Å². The second kappa shape index (κ2) is 21.1. The number of ether oxygens (including phenoxy) is 2. The fourth-order valence-corrected chi connectivity index (χ4v) is 4.73. The summed E-state index contributed by atoms with van der Waals surface area (Å²) in [4.78, 5) is 24.5. The number of unbranched alkanes of at least 4 members (excludes halogenated alkanes) is 8. The summed E-state index contributed by atoms with van der Waals surface area (Å²) < 4.78 is 11.0. The molecule has 2 unspecified atom stereocenters. The quantitative estimate of drug-likeness (QED) is 0.111. The maximum absolute atomic E-state index is 12.9. The number of hydrogen-bond donors (Lipinski definition) is 0. The lowest BCUT2D eigenvalue weighted by Gasteiger charge is -2.31. The molecule has 0 radical (unpaired) electrons. The van der Waals surface area contributed by atoms with E-state index < -0.39 is 0 Å². The molecule has 0 aliphatic heterocycles. The van der Waals surface area contributed by atoms with Crippen molar-refractivity contribution in [3.8, 4) is 0 Å². The lowest BCUT2D eigenvalue weighted by molar-refractivity contribution is -0.154. The van der Waals surface area contributed by atoms with Crippen LogP contribution in [0.2, 0.25) is 0 Å². The zero-order valence-electron chi connectivity index (χ0n) is 24.7. The maximum Gasteiger partial charge on any atom is 0.309 e. The highest BCUT2D eigenvalue weighted by Gasteiger charge is 2.33. The molecular formula is C31H60O4. The van der Waals surface area contributed by atoms with E-state index in [4.69, 9.17) is 9.47 Å². The summed E-state index contributed by atoms with van der Waals surface area (Å²) in [5.41, 5.74) is 0. The molecule has 35 heavy (non-hydrogen) atoms. The van der Waals surface area contributed by atoms with E-state index in [1.54, 1.807) is 0 Å². The molecule has 0 fully saturated rings. The average Bonchev–Trinajstić information content (AvgIpc) is 2.75. The Morgan fingerprint density at radius 2 is 1.00 bits per heavy atom. The summed E-state index contributed by atoms with van der Waals surface area (Å²) in [6.45, 7) is 18.6. The molecule has 0 aromatic rings. The Bertz CT molecular complexity index is 524. The van der Waals surface area contributed by atoms with E-state index in [1.165, 1.54) is 44.9 Å². The van der Waals surface area contributed by atoms with E-state index in [9.17, 15) is 9.59 Å². The topological polar surface area (TPSA) is 52.6 Å². The standard InChI is InChI=1S/C31H60O4/c1-24(2)20-22-34-29(32)19-17-15-13-11-9-10-12-14-16-18-28(26(5)6)30(27(7)8)31(33)35-23-21-25(3)4/h24-28,30H,9-23H2,1-8H3. The van der Waals surface area contributed by atoms with Crippen LogP contribution in [0.1, 0.15) is 139 Å². The molecule has 0 aliphatic carbocycles. The molecule has 0 rings (SSSR count). The van der Waals surface area contributed by atoms with Gasteiger partial charge >= 0.3 is 11.9 Å². The van der Waals surface area contributed by atoms with E-state index >= 15 is 0 Å². The summed E-state index contributed by atoms with van der Waals surface area (Å²) in [5, 5.41) is 0. The van der Waals surface area contributed by atoms with Gasteiger partial charge in [-0.25, -0.2) is 0 Å². The Kier molecular flexibility index (Phi) is 20.4. The van der Waals surface area contributed by atoms with Gasteiger partial charge in [-0.05, 0) is 55.3 Å². The maximum atomic E-state index is 12.9. The third-order valence-corrected chi connectivity index (χ3v) is 7.12. The van der Waals surface area contributed by atoms with Crippen LogP contribution in [0.3, 0.4) is 0 Å². The number of carbonyl (C=O) groups excluding carboxylic acids is 2. The fraction of sp³-hybridized carbons (Fsp3) is 0.935. The highest BCUT2D eigenvalue weighted by molar-refractivity contribution is 5.73. The molecule has 0 saturated carbocycles. The van der Waals surface area contributed by atoms with E-state index in [0.717, 1.165) is 32.1 Å². The van der Waals surface area contributed by atoms with Crippen LogP contribution in [-0.2, 0) is 19.1 Å². The predicted molar refractivity (Wildman–Crippen MR) is 148 cm³/mol. The third kappa shape index (κ3) is 18.8. The van der Waals surface area contributed by atoms with Crippen molar-refractivity contribution in [3.05, 3.63) is 0 Å². The van der Waals surface area contributed by atoms with Gasteiger partial charge in [-0.2, -0.15) is 0 Å². The van der Waals surface area contributed by atoms with Gasteiger partial charge in [0.2, 0.25) is 0 Å². The number of rotatable bonds is 22. The highest BCUT2D eigenvalue weighted by Crippen LogP contribution is 2.33. The van der Waals surface area contributed by atoms with Crippen molar-refractivity contribution in [2.75, 3.05) is 13.2 Å². The summed E-state index contributed by atoms with van der Waals surface area (Å²) in [7, 11) is 0. The predicted octanol–water partition coefficient (Wildman–Crippen LogP) is 9.00. The van der Waals surface area contributed by atoms with Crippen LogP contribution in [0.4, 0.5) is 0 Å². The Morgan fingerprint density at radius 1 is 0.543 bits per heavy atom. The molecule has 4 heteroatoms. The molecule has 0 aliphatic rings. The Hall–Kier alpha value is -1.06. The van der Waals surface area contributed by atoms with Crippen LogP contribution in [0, 0.1) is 35.5 Å². The van der Waals surface area contributed by atoms with Crippen LogP contribution in [0.25, 0.3) is 0 Å². The second-order valence-electron chi connectivity index (χ2n) is 12.2. The first-order valence-electron chi connectivity index (χ1n) is 14.9. The summed E-state index contributed by atoms with van der Waals surface area (Å²) in [6.07, 6.45) is 14.4. The SMILES string of the molecule is CC(C)CCOC(=O)CCCCCCCCCCCC(C(C)C)C(C(=O)OCCC(C)C)C(C)C. The zero-order chi connectivity index (χ0) is 26.6. The minimum Gasteiger partial charge on any atom is -0.466 e. The van der Waals surface area contributed by atoms with Crippen LogP contribution >= 0.6 is 0 Å². The van der Waals surface area contributed by atoms with Gasteiger partial charge in [-0.3, -0.25) is 9.59 Å². The zero-order valence-corrected chi connectivity index (χ0v) is 24.7. The second-order valence-corrected chi connectivity index (χ2v) is 12.2. The number of hydrogen-bond acceptors (Lipinski definition) is 4. The first-order chi connectivity index (χ1) is 16.6. The molecule has 0 bridgehead atoms. The van der Waals surface area contributed by atoms with Crippen LogP contribution in [-0.4, -0.2) is 25.2 Å². The van der Waals surface area contributed by atoms with Gasteiger partial charge in [0.15, 0.2) is 0 Å². The van der Waals surface area contributed by atoms with Gasteiger partial charge in [0.1, 0.15) is 0 Å². The van der Waals surface area contributed by atoms with Gasteiger partial charge in [0, 0.05) is 6.42 Å². The smallest absolute Gasteiger partial charge is 0.309 e. The highest BCUT2D eigenvalue weighted by atomic mass is 16.5. The summed E-state index contributed by atoms with van der Waals surface area (Å²) in [5.74, 6) is 2.35. The first kappa shape index (κ1) is 33.9. The van der Waals surface area contributed by atoms with Crippen molar-refractivity contribution in [2.45, 2.75) is 139 Å². The van der Waals surface area contributed by atoms with Crippen molar-refractivity contribution in [2.24, 2.45) is 35.5 Å². The molecule has 0 spiro atoms. The normalized spacial score (nSPS) is 13.6. The summed E-state index contributed by atoms with van der Waals surface area (Å²) >= 11 is 0. The van der Waals surface area contributed by atoms with Crippen molar-refractivity contribution >= 4 is 11.9 Å². The van der Waals surface area contributed by atoms with E-state index in [0.29, 0.717) is 49.2 Å². The molecule has 208 valence electrons. The Labute approximate surface area is 218 Å². The van der Waals surface area contributed by atoms with Crippen molar-refractivity contribution < 1.29 is 19.1 Å². The van der Waals surface area contributed by atoms with Crippen molar-refractivity contribution in [1.29, 1.82) is 0 Å². The molecular weight excluding hydrogens is 436 g/mol. The molecule has 0 saturated heterocycles. The van der Waals surface area contributed by atoms with Crippen molar-refractivity contribution in [3.63, 3.8) is 0 Å². The number of esters is 2. The molecule has 2 atom stereocenters. The van der Waals surface area contributed by atoms with Gasteiger partial charge in [0.25, 0.3) is 0 Å². The Balaban J connectivity index is 3.99.